The van der Waals surface area contributed by atoms with E-state index in [-0.39, 0.29) is 17.9 Å². The fourth-order valence-corrected chi connectivity index (χ4v) is 4.47. The quantitative estimate of drug-likeness (QED) is 0.462. The van der Waals surface area contributed by atoms with Crippen molar-refractivity contribution in [1.29, 1.82) is 0 Å². The van der Waals surface area contributed by atoms with Crippen LogP contribution in [0.3, 0.4) is 0 Å². The lowest BCUT2D eigenvalue weighted by molar-refractivity contribution is -0.136. The van der Waals surface area contributed by atoms with Crippen LogP contribution >= 0.6 is 0 Å². The first-order valence-electron chi connectivity index (χ1n) is 10.4. The monoisotopic (exact) mass is 423 g/mol. The van der Waals surface area contributed by atoms with Crippen molar-refractivity contribution in [2.45, 2.75) is 18.6 Å². The van der Waals surface area contributed by atoms with E-state index in [1.54, 1.807) is 36.4 Å². The summed E-state index contributed by atoms with van der Waals surface area (Å²) < 4.78 is 0. The molecule has 0 radical (unpaired) electrons. The molecule has 2 N–H and O–H groups in total. The summed E-state index contributed by atoms with van der Waals surface area (Å²) in [6.45, 7) is 0.268. The van der Waals surface area contributed by atoms with E-state index in [1.165, 1.54) is 17.0 Å². The summed E-state index contributed by atoms with van der Waals surface area (Å²) in [7, 11) is 0. The van der Waals surface area contributed by atoms with E-state index in [4.69, 9.17) is 0 Å². The van der Waals surface area contributed by atoms with Crippen LogP contribution in [0.15, 0.2) is 91.0 Å². The van der Waals surface area contributed by atoms with Crippen LogP contribution < -0.4 is 4.90 Å². The molecular formula is C27H21NO4. The van der Waals surface area contributed by atoms with Crippen molar-refractivity contribution in [2.75, 3.05) is 4.90 Å². The van der Waals surface area contributed by atoms with Crippen molar-refractivity contribution in [3.63, 3.8) is 0 Å². The highest BCUT2D eigenvalue weighted by Gasteiger charge is 2.51. The molecule has 158 valence electrons. The van der Waals surface area contributed by atoms with Gasteiger partial charge in [0.1, 0.15) is 5.75 Å². The number of ketones is 1. The van der Waals surface area contributed by atoms with Gasteiger partial charge in [0.2, 0.25) is 0 Å². The summed E-state index contributed by atoms with van der Waals surface area (Å²) >= 11 is 0. The van der Waals surface area contributed by atoms with Crippen molar-refractivity contribution in [1.82, 2.24) is 0 Å². The minimum Gasteiger partial charge on any atom is -0.507 e. The number of rotatable bonds is 5. The van der Waals surface area contributed by atoms with E-state index in [0.29, 0.717) is 11.3 Å². The molecule has 5 rings (SSSR count). The van der Waals surface area contributed by atoms with Gasteiger partial charge in [0.05, 0.1) is 24.2 Å². The molecule has 4 aromatic rings. The van der Waals surface area contributed by atoms with Crippen molar-refractivity contribution < 1.29 is 19.8 Å². The molecule has 0 unspecified atom stereocenters. The van der Waals surface area contributed by atoms with Crippen LogP contribution in [0.25, 0.3) is 10.8 Å². The Kier molecular flexibility index (Phi) is 4.76. The number of aliphatic hydroxyl groups is 1. The Hall–Kier alpha value is -3.96. The van der Waals surface area contributed by atoms with Gasteiger partial charge >= 0.3 is 0 Å². The zero-order chi connectivity index (χ0) is 22.3. The van der Waals surface area contributed by atoms with Crippen LogP contribution in [0, 0.1) is 0 Å². The molecule has 0 fully saturated rings. The number of para-hydroxylation sites is 2. The van der Waals surface area contributed by atoms with Crippen LogP contribution in [-0.4, -0.2) is 21.9 Å². The number of carbonyl (C=O) groups is 2. The van der Waals surface area contributed by atoms with Gasteiger partial charge in [-0.25, -0.2) is 0 Å². The number of benzene rings is 4. The summed E-state index contributed by atoms with van der Waals surface area (Å²) in [5.74, 6) is -1.22. The van der Waals surface area contributed by atoms with E-state index in [1.807, 2.05) is 42.5 Å². The number of anilines is 1. The summed E-state index contributed by atoms with van der Waals surface area (Å²) in [5, 5.41) is 23.6. The molecule has 0 saturated heterocycles. The summed E-state index contributed by atoms with van der Waals surface area (Å²) in [6, 6.07) is 27.0. The minimum absolute atomic E-state index is 0.0821. The Morgan fingerprint density at radius 1 is 0.844 bits per heavy atom. The Morgan fingerprint density at radius 3 is 2.38 bits per heavy atom. The first-order chi connectivity index (χ1) is 15.5. The van der Waals surface area contributed by atoms with Crippen LogP contribution in [0.2, 0.25) is 0 Å². The smallest absolute Gasteiger partial charge is 0.264 e. The first kappa shape index (κ1) is 20.0. The number of Topliss-reactive ketones (excluding diaryl/α,β-unsaturated/α-hetero) is 1. The Morgan fingerprint density at radius 2 is 1.53 bits per heavy atom. The number of carbonyl (C=O) groups excluding carboxylic acids is 2. The second-order valence-corrected chi connectivity index (χ2v) is 8.02. The van der Waals surface area contributed by atoms with Gasteiger partial charge in [-0.15, -0.1) is 0 Å². The van der Waals surface area contributed by atoms with E-state index >= 15 is 0 Å². The van der Waals surface area contributed by atoms with Gasteiger partial charge in [-0.3, -0.25) is 9.59 Å². The molecular weight excluding hydrogens is 402 g/mol. The average molecular weight is 423 g/mol. The number of hydrogen-bond donors (Lipinski definition) is 2. The molecule has 32 heavy (non-hydrogen) atoms. The van der Waals surface area contributed by atoms with Crippen molar-refractivity contribution in [3.8, 4) is 5.75 Å². The summed E-state index contributed by atoms with van der Waals surface area (Å²) in [6.07, 6.45) is -0.452. The Bertz CT molecular complexity index is 1360. The normalized spacial score (nSPS) is 17.5. The molecule has 1 aliphatic rings. The number of phenolic OH excluding ortho intramolecular Hbond substituents is 1. The molecule has 0 saturated carbocycles. The number of amides is 1. The molecule has 0 aromatic heterocycles. The van der Waals surface area contributed by atoms with Crippen molar-refractivity contribution in [2.24, 2.45) is 0 Å². The standard InChI is InChI=1S/C27H21NO4/c29-24-15-6-3-12-21(24)25(30)16-27(32)22-13-4-5-14-23(22)28(26(27)31)17-19-10-7-9-18-8-1-2-11-20(18)19/h1-15,29,32H,16-17H2/t27-/m0/s1. The van der Waals surface area contributed by atoms with E-state index < -0.39 is 23.7 Å². The summed E-state index contributed by atoms with van der Waals surface area (Å²) in [5.41, 5.74) is 0.00819. The second kappa shape index (κ2) is 7.62. The highest BCUT2D eigenvalue weighted by Crippen LogP contribution is 2.44. The number of hydrogen-bond acceptors (Lipinski definition) is 4. The fourth-order valence-electron chi connectivity index (χ4n) is 4.47. The third kappa shape index (κ3) is 3.15. The molecule has 0 bridgehead atoms. The third-order valence-corrected chi connectivity index (χ3v) is 6.07. The Balaban J connectivity index is 1.53. The molecule has 1 heterocycles. The molecule has 5 heteroatoms. The number of phenols is 1. The van der Waals surface area contributed by atoms with Crippen molar-refractivity contribution >= 4 is 28.2 Å². The first-order valence-corrected chi connectivity index (χ1v) is 10.4. The van der Waals surface area contributed by atoms with Gasteiger partial charge in [0, 0.05) is 5.56 Å². The lowest BCUT2D eigenvalue weighted by Crippen LogP contribution is -2.41. The molecule has 1 atom stereocenters. The van der Waals surface area contributed by atoms with Gasteiger partial charge in [-0.05, 0) is 34.5 Å². The molecule has 0 spiro atoms. The third-order valence-electron chi connectivity index (χ3n) is 6.07. The number of nitrogens with zero attached hydrogens (tertiary/aromatic N) is 1. The van der Waals surface area contributed by atoms with Crippen LogP contribution in [0.1, 0.15) is 27.9 Å². The van der Waals surface area contributed by atoms with Gasteiger partial charge in [-0.2, -0.15) is 0 Å². The number of fused-ring (bicyclic) bond motifs is 2. The summed E-state index contributed by atoms with van der Waals surface area (Å²) in [4.78, 5) is 28.0. The van der Waals surface area contributed by atoms with Gasteiger partial charge < -0.3 is 15.1 Å². The lowest BCUT2D eigenvalue weighted by Gasteiger charge is -2.23. The predicted octanol–water partition coefficient (Wildman–Crippen LogP) is 4.55. The highest BCUT2D eigenvalue weighted by molar-refractivity contribution is 6.11. The molecule has 1 amide bonds. The second-order valence-electron chi connectivity index (χ2n) is 8.02. The lowest BCUT2D eigenvalue weighted by atomic mass is 9.88. The average Bonchev–Trinajstić information content (AvgIpc) is 3.01. The maximum atomic E-state index is 13.5. The van der Waals surface area contributed by atoms with Crippen LogP contribution in [-0.2, 0) is 16.9 Å². The maximum Gasteiger partial charge on any atom is 0.264 e. The minimum atomic E-state index is -2.00. The van der Waals surface area contributed by atoms with E-state index in [2.05, 4.69) is 0 Å². The fraction of sp³-hybridized carbons (Fsp3) is 0.111. The predicted molar refractivity (Wildman–Crippen MR) is 123 cm³/mol. The van der Waals surface area contributed by atoms with Crippen molar-refractivity contribution in [3.05, 3.63) is 108 Å². The van der Waals surface area contributed by atoms with Gasteiger partial charge in [-0.1, -0.05) is 72.8 Å². The molecule has 1 aliphatic heterocycles. The Labute approximate surface area is 185 Å². The topological polar surface area (TPSA) is 77.8 Å². The SMILES string of the molecule is O=C(C[C@@]1(O)C(=O)N(Cc2cccc3ccccc23)c2ccccc21)c1ccccc1O. The molecule has 5 nitrogen and oxygen atoms in total. The van der Waals surface area contributed by atoms with Gasteiger partial charge in [0.15, 0.2) is 11.4 Å². The van der Waals surface area contributed by atoms with E-state index in [0.717, 1.165) is 16.3 Å². The van der Waals surface area contributed by atoms with E-state index in [9.17, 15) is 19.8 Å². The molecule has 4 aromatic carbocycles. The van der Waals surface area contributed by atoms with Gasteiger partial charge in [0.25, 0.3) is 5.91 Å². The number of aromatic hydroxyl groups is 1. The largest absolute Gasteiger partial charge is 0.507 e. The zero-order valence-corrected chi connectivity index (χ0v) is 17.2. The van der Waals surface area contributed by atoms with Crippen LogP contribution in [0.4, 0.5) is 5.69 Å². The zero-order valence-electron chi connectivity index (χ0n) is 17.2. The highest BCUT2D eigenvalue weighted by atomic mass is 16.3. The molecule has 0 aliphatic carbocycles. The maximum absolute atomic E-state index is 13.5. The van der Waals surface area contributed by atoms with Crippen LogP contribution in [0.5, 0.6) is 5.75 Å².